The monoisotopic (exact) mass is 528 g/mol. The Morgan fingerprint density at radius 3 is 2.56 bits per heavy atom. The number of carboxylic acids is 1. The number of aryl methyl sites for hydroxylation is 1. The fourth-order valence-corrected chi connectivity index (χ4v) is 7.33. The zero-order valence-electron chi connectivity index (χ0n) is 23.1. The molecule has 3 aromatic carbocycles. The van der Waals surface area contributed by atoms with Crippen molar-refractivity contribution in [3.05, 3.63) is 82.7 Å². The molecule has 39 heavy (non-hydrogen) atoms. The Morgan fingerprint density at radius 1 is 1.00 bits per heavy atom. The highest BCUT2D eigenvalue weighted by Gasteiger charge is 2.61. The molecule has 3 atom stereocenters. The number of hydrogen-bond donors (Lipinski definition) is 1. The molecule has 3 aromatic rings. The van der Waals surface area contributed by atoms with Crippen molar-refractivity contribution in [3.8, 4) is 22.6 Å². The molecule has 0 bridgehead atoms. The van der Waals surface area contributed by atoms with Gasteiger partial charge >= 0.3 is 5.97 Å². The van der Waals surface area contributed by atoms with Gasteiger partial charge in [0.25, 0.3) is 0 Å². The molecule has 0 heterocycles. The van der Waals surface area contributed by atoms with Gasteiger partial charge in [0, 0.05) is 11.0 Å². The Bertz CT molecular complexity index is 1430. The van der Waals surface area contributed by atoms with E-state index in [-0.39, 0.29) is 22.6 Å². The topological polar surface area (TPSA) is 55.8 Å². The Hall–Kier alpha value is -3.34. The summed E-state index contributed by atoms with van der Waals surface area (Å²) in [6.07, 6.45) is 7.18. The first-order valence-corrected chi connectivity index (χ1v) is 14.2. The number of rotatable bonds is 7. The van der Waals surface area contributed by atoms with E-state index in [2.05, 4.69) is 32.0 Å². The van der Waals surface area contributed by atoms with Crippen molar-refractivity contribution in [2.24, 2.45) is 11.3 Å². The van der Waals surface area contributed by atoms with Crippen molar-refractivity contribution in [1.29, 1.82) is 0 Å². The molecule has 6 rings (SSSR count). The molecule has 3 aliphatic carbocycles. The van der Waals surface area contributed by atoms with Gasteiger partial charge in [-0.3, -0.25) is 4.79 Å². The van der Waals surface area contributed by atoms with E-state index in [1.807, 2.05) is 18.2 Å². The number of benzene rings is 3. The van der Waals surface area contributed by atoms with Gasteiger partial charge in [-0.25, -0.2) is 4.39 Å². The van der Waals surface area contributed by atoms with Crippen LogP contribution in [0.2, 0.25) is 0 Å². The Kier molecular flexibility index (Phi) is 6.44. The van der Waals surface area contributed by atoms with Gasteiger partial charge < -0.3 is 14.6 Å². The van der Waals surface area contributed by atoms with Gasteiger partial charge in [-0.2, -0.15) is 0 Å². The summed E-state index contributed by atoms with van der Waals surface area (Å²) in [7, 11) is 1.61. The van der Waals surface area contributed by atoms with Crippen molar-refractivity contribution >= 4 is 5.97 Å². The van der Waals surface area contributed by atoms with Gasteiger partial charge in [0.05, 0.1) is 13.0 Å². The number of aliphatic carboxylic acids is 1. The van der Waals surface area contributed by atoms with E-state index < -0.39 is 5.97 Å². The van der Waals surface area contributed by atoms with E-state index in [0.717, 1.165) is 54.5 Å². The van der Waals surface area contributed by atoms with Gasteiger partial charge in [0.15, 0.2) is 0 Å². The maximum Gasteiger partial charge on any atom is 0.307 e. The summed E-state index contributed by atoms with van der Waals surface area (Å²) < 4.78 is 26.9. The predicted octanol–water partition coefficient (Wildman–Crippen LogP) is 8.05. The van der Waals surface area contributed by atoms with Crippen LogP contribution < -0.4 is 9.47 Å². The molecule has 2 saturated carbocycles. The minimum absolute atomic E-state index is 0.112. The van der Waals surface area contributed by atoms with Crippen LogP contribution >= 0.6 is 0 Å². The summed E-state index contributed by atoms with van der Waals surface area (Å²) in [6, 6.07) is 17.4. The number of fused-ring (bicyclic) bond motifs is 2. The normalized spacial score (nSPS) is 24.8. The first-order valence-electron chi connectivity index (χ1n) is 14.2. The van der Waals surface area contributed by atoms with E-state index in [9.17, 15) is 9.90 Å². The lowest BCUT2D eigenvalue weighted by Crippen LogP contribution is -2.26. The van der Waals surface area contributed by atoms with Crippen LogP contribution in [-0.4, -0.2) is 18.2 Å². The van der Waals surface area contributed by atoms with Crippen LogP contribution in [0.1, 0.15) is 80.5 Å². The van der Waals surface area contributed by atoms with Crippen LogP contribution in [0.3, 0.4) is 0 Å². The van der Waals surface area contributed by atoms with E-state index in [1.165, 1.54) is 30.0 Å². The molecule has 1 spiro atoms. The van der Waals surface area contributed by atoms with Gasteiger partial charge in [-0.05, 0) is 102 Å². The van der Waals surface area contributed by atoms with Crippen LogP contribution in [0.15, 0.2) is 54.6 Å². The van der Waals surface area contributed by atoms with E-state index in [0.29, 0.717) is 23.8 Å². The van der Waals surface area contributed by atoms with Crippen molar-refractivity contribution < 1.29 is 23.8 Å². The lowest BCUT2D eigenvalue weighted by molar-refractivity contribution is -0.139. The number of carboxylic acid groups (broad SMARTS) is 1. The van der Waals surface area contributed by atoms with E-state index >= 15 is 4.39 Å². The van der Waals surface area contributed by atoms with Gasteiger partial charge in [0.1, 0.15) is 23.9 Å². The second-order valence-electron chi connectivity index (χ2n) is 12.4. The highest BCUT2D eigenvalue weighted by Crippen LogP contribution is 2.62. The SMILES string of the molecule is COc1ccc(F)c(-c2ccc(COc3ccc4c(c3)[C@]3(CC4)C[C@H]3C(=O)O)cc2[C@H]2CCCCC2(C)C)c1. The Morgan fingerprint density at radius 2 is 1.82 bits per heavy atom. The van der Waals surface area contributed by atoms with Crippen molar-refractivity contribution in [3.63, 3.8) is 0 Å². The quantitative estimate of drug-likeness (QED) is 0.337. The summed E-state index contributed by atoms with van der Waals surface area (Å²) in [5.41, 5.74) is 6.01. The minimum atomic E-state index is -0.695. The molecule has 0 amide bonds. The Balaban J connectivity index is 1.31. The van der Waals surface area contributed by atoms with Crippen LogP contribution in [-0.2, 0) is 23.2 Å². The maximum absolute atomic E-state index is 15.1. The third kappa shape index (κ3) is 4.60. The molecule has 0 aromatic heterocycles. The number of methoxy groups -OCH3 is 1. The molecular formula is C34H37FO4. The molecule has 2 fully saturated rings. The maximum atomic E-state index is 15.1. The molecular weight excluding hydrogens is 491 g/mol. The second kappa shape index (κ2) is 9.69. The fourth-order valence-electron chi connectivity index (χ4n) is 7.33. The molecule has 0 saturated heterocycles. The lowest BCUT2D eigenvalue weighted by Gasteiger charge is -2.40. The molecule has 0 radical (unpaired) electrons. The highest BCUT2D eigenvalue weighted by molar-refractivity contribution is 5.78. The summed E-state index contributed by atoms with van der Waals surface area (Å²) in [5.74, 6) is 0.507. The summed E-state index contributed by atoms with van der Waals surface area (Å²) >= 11 is 0. The van der Waals surface area contributed by atoms with Crippen molar-refractivity contribution in [2.45, 2.75) is 76.7 Å². The van der Waals surface area contributed by atoms with Gasteiger partial charge in [0.2, 0.25) is 0 Å². The summed E-state index contributed by atoms with van der Waals surface area (Å²) in [4.78, 5) is 11.7. The number of carbonyl (C=O) groups is 1. The minimum Gasteiger partial charge on any atom is -0.497 e. The van der Waals surface area contributed by atoms with Crippen LogP contribution in [0.4, 0.5) is 4.39 Å². The summed E-state index contributed by atoms with van der Waals surface area (Å²) in [5, 5.41) is 9.59. The molecule has 204 valence electrons. The first kappa shape index (κ1) is 25.9. The predicted molar refractivity (Wildman–Crippen MR) is 150 cm³/mol. The van der Waals surface area contributed by atoms with Gasteiger partial charge in [-0.1, -0.05) is 51.0 Å². The lowest BCUT2D eigenvalue weighted by atomic mass is 9.65. The first-order chi connectivity index (χ1) is 18.7. The van der Waals surface area contributed by atoms with E-state index in [4.69, 9.17) is 9.47 Å². The highest BCUT2D eigenvalue weighted by atomic mass is 19.1. The third-order valence-corrected chi connectivity index (χ3v) is 9.70. The zero-order valence-corrected chi connectivity index (χ0v) is 23.1. The smallest absolute Gasteiger partial charge is 0.307 e. The van der Waals surface area contributed by atoms with E-state index in [1.54, 1.807) is 19.2 Å². The fraction of sp³-hybridized carbons (Fsp3) is 0.441. The van der Waals surface area contributed by atoms with Gasteiger partial charge in [-0.15, -0.1) is 0 Å². The average Bonchev–Trinajstić information content (AvgIpc) is 3.56. The number of hydrogen-bond acceptors (Lipinski definition) is 3. The standard InChI is InChI=1S/C34H37FO4/c1-33(2)14-5-4-6-28(33)26-16-21(7-11-25(26)27-17-23(38-3)10-12-31(27)35)20-39-24-9-8-22-13-15-34(29(22)18-24)19-30(34)32(36)37/h7-12,16-18,28,30H,4-6,13-15,19-20H2,1-3H3,(H,36,37)/t28-,30+,34+/m1/s1. The zero-order chi connectivity index (χ0) is 27.4. The largest absolute Gasteiger partial charge is 0.497 e. The van der Waals surface area contributed by atoms with Crippen molar-refractivity contribution in [2.75, 3.05) is 7.11 Å². The molecule has 3 aliphatic rings. The number of halogens is 1. The second-order valence-corrected chi connectivity index (χ2v) is 12.4. The molecule has 5 heteroatoms. The molecule has 0 unspecified atom stereocenters. The number of ether oxygens (including phenoxy) is 2. The third-order valence-electron chi connectivity index (χ3n) is 9.70. The van der Waals surface area contributed by atoms with Crippen LogP contribution in [0.5, 0.6) is 11.5 Å². The summed E-state index contributed by atoms with van der Waals surface area (Å²) in [6.45, 7) is 5.05. The van der Waals surface area contributed by atoms with Crippen LogP contribution in [0, 0.1) is 17.2 Å². The Labute approximate surface area is 230 Å². The van der Waals surface area contributed by atoms with Crippen LogP contribution in [0.25, 0.3) is 11.1 Å². The molecule has 0 aliphatic heterocycles. The molecule has 4 nitrogen and oxygen atoms in total. The van der Waals surface area contributed by atoms with Crippen molar-refractivity contribution in [1.82, 2.24) is 0 Å². The molecule has 1 N–H and O–H groups in total. The average molecular weight is 529 g/mol.